The second kappa shape index (κ2) is 8.21. The van der Waals surface area contributed by atoms with E-state index in [1.165, 1.54) is 6.92 Å². The Hall–Kier alpha value is -3.30. The van der Waals surface area contributed by atoms with E-state index >= 15 is 0 Å². The third-order valence-corrected chi connectivity index (χ3v) is 4.17. The molecule has 0 atom stereocenters. The summed E-state index contributed by atoms with van der Waals surface area (Å²) in [6.45, 7) is 4.64. The maximum Gasteiger partial charge on any atom is 0.411 e. The number of hydrogen-bond donors (Lipinski definition) is 0. The van der Waals surface area contributed by atoms with Gasteiger partial charge in [0, 0.05) is 5.57 Å². The van der Waals surface area contributed by atoms with Crippen LogP contribution in [0, 0.1) is 0 Å². The third kappa shape index (κ3) is 4.17. The Morgan fingerprint density at radius 2 is 1.23 bits per heavy atom. The lowest BCUT2D eigenvalue weighted by Gasteiger charge is -2.38. The molecule has 0 aliphatic carbocycles. The lowest BCUT2D eigenvalue weighted by molar-refractivity contribution is -0.288. The summed E-state index contributed by atoms with van der Waals surface area (Å²) >= 11 is 0. The minimum Gasteiger partial charge on any atom is -0.429 e. The summed E-state index contributed by atoms with van der Waals surface area (Å²) in [5.41, 5.74) is -6.65. The minimum atomic E-state index is -5.78. The zero-order chi connectivity index (χ0) is 22.7. The van der Waals surface area contributed by atoms with Gasteiger partial charge in [-0.1, -0.05) is 30.8 Å². The van der Waals surface area contributed by atoms with E-state index in [4.69, 9.17) is 4.74 Å². The molecule has 0 spiro atoms. The molecule has 160 valence electrons. The number of hydrogen-bond acceptors (Lipinski definition) is 4. The van der Waals surface area contributed by atoms with Crippen molar-refractivity contribution in [1.82, 2.24) is 0 Å². The highest BCUT2D eigenvalue weighted by Crippen LogP contribution is 2.56. The molecule has 0 unspecified atom stereocenters. The number of ether oxygens (including phenoxy) is 2. The van der Waals surface area contributed by atoms with Crippen molar-refractivity contribution in [2.45, 2.75) is 24.7 Å². The van der Waals surface area contributed by atoms with Crippen molar-refractivity contribution in [1.29, 1.82) is 0 Å². The van der Waals surface area contributed by atoms with Crippen LogP contribution in [0.2, 0.25) is 0 Å². The molecule has 0 saturated carbocycles. The quantitative estimate of drug-likeness (QED) is 0.209. The van der Waals surface area contributed by atoms with Gasteiger partial charge in [-0.2, -0.15) is 26.3 Å². The van der Waals surface area contributed by atoms with E-state index in [0.29, 0.717) is 24.3 Å². The monoisotopic (exact) mass is 432 g/mol. The average molecular weight is 432 g/mol. The summed E-state index contributed by atoms with van der Waals surface area (Å²) in [5, 5.41) is 0. The molecule has 0 aliphatic rings. The Morgan fingerprint density at radius 3 is 1.57 bits per heavy atom. The molecule has 2 aromatic carbocycles. The molecular weight excluding hydrogens is 418 g/mol. The molecule has 2 rings (SSSR count). The standard InChI is InChI=1S/C20H14F6O4/c1-12(2)17(28)30-16-9-5-14(6-10-16)18(19(21,22)23,20(24,25)26)13-3-7-15(8-4-13)29-11-27/h3-11H,1H2,2H3. The molecule has 30 heavy (non-hydrogen) atoms. The summed E-state index contributed by atoms with van der Waals surface area (Å²) in [5.74, 6) is -1.36. The molecule has 10 heteroatoms. The molecule has 0 fully saturated rings. The first-order chi connectivity index (χ1) is 13.8. The molecule has 4 nitrogen and oxygen atoms in total. The summed E-state index contributed by atoms with van der Waals surface area (Å²) in [6.07, 6.45) is -11.6. The van der Waals surface area contributed by atoms with E-state index in [1.54, 1.807) is 0 Å². The molecule has 0 saturated heterocycles. The predicted molar refractivity (Wildman–Crippen MR) is 92.9 cm³/mol. The molecule has 0 bridgehead atoms. The molecule has 0 aliphatic heterocycles. The predicted octanol–water partition coefficient (Wildman–Crippen LogP) is 5.11. The van der Waals surface area contributed by atoms with Gasteiger partial charge in [-0.15, -0.1) is 0 Å². The molecule has 0 amide bonds. The van der Waals surface area contributed by atoms with Gasteiger partial charge in [-0.25, -0.2) is 4.79 Å². The van der Waals surface area contributed by atoms with E-state index in [2.05, 4.69) is 11.3 Å². The van der Waals surface area contributed by atoms with E-state index in [0.717, 1.165) is 24.3 Å². The van der Waals surface area contributed by atoms with Gasteiger partial charge in [0.25, 0.3) is 6.47 Å². The molecule has 0 aromatic heterocycles. The third-order valence-electron chi connectivity index (χ3n) is 4.17. The van der Waals surface area contributed by atoms with Gasteiger partial charge < -0.3 is 9.47 Å². The van der Waals surface area contributed by atoms with Gasteiger partial charge in [0.15, 0.2) is 0 Å². The highest BCUT2D eigenvalue weighted by Gasteiger charge is 2.72. The van der Waals surface area contributed by atoms with Crippen molar-refractivity contribution in [2.24, 2.45) is 0 Å². The number of halogens is 6. The van der Waals surface area contributed by atoms with Crippen molar-refractivity contribution in [2.75, 3.05) is 0 Å². The zero-order valence-corrected chi connectivity index (χ0v) is 15.3. The number of rotatable bonds is 6. The zero-order valence-electron chi connectivity index (χ0n) is 15.3. The van der Waals surface area contributed by atoms with Gasteiger partial charge in [0.1, 0.15) is 11.5 Å². The van der Waals surface area contributed by atoms with Crippen LogP contribution in [-0.4, -0.2) is 24.8 Å². The van der Waals surface area contributed by atoms with Crippen LogP contribution >= 0.6 is 0 Å². The van der Waals surface area contributed by atoms with Crippen LogP contribution < -0.4 is 9.47 Å². The SMILES string of the molecule is C=C(C)C(=O)Oc1ccc(C(c2ccc(OC=O)cc2)(C(F)(F)F)C(F)(F)F)cc1. The number of benzene rings is 2. The lowest BCUT2D eigenvalue weighted by atomic mass is 9.73. The largest absolute Gasteiger partial charge is 0.429 e. The Morgan fingerprint density at radius 1 is 0.833 bits per heavy atom. The van der Waals surface area contributed by atoms with Crippen LogP contribution in [-0.2, 0) is 15.0 Å². The number of alkyl halides is 6. The minimum absolute atomic E-state index is 0.00311. The van der Waals surface area contributed by atoms with Crippen molar-refractivity contribution >= 4 is 12.4 Å². The lowest BCUT2D eigenvalue weighted by Crippen LogP contribution is -2.54. The number of esters is 1. The molecule has 0 radical (unpaired) electrons. The van der Waals surface area contributed by atoms with Gasteiger partial charge in [-0.3, -0.25) is 4.79 Å². The van der Waals surface area contributed by atoms with Gasteiger partial charge in [0.05, 0.1) is 0 Å². The normalized spacial score (nSPS) is 12.2. The summed E-state index contributed by atoms with van der Waals surface area (Å²) in [6, 6.07) is 5.61. The van der Waals surface area contributed by atoms with Crippen LogP contribution in [0.5, 0.6) is 11.5 Å². The Bertz CT molecular complexity index is 914. The van der Waals surface area contributed by atoms with Gasteiger partial charge >= 0.3 is 18.3 Å². The number of carbonyl (C=O) groups is 2. The Kier molecular flexibility index (Phi) is 6.29. The second-order valence-corrected chi connectivity index (χ2v) is 6.18. The van der Waals surface area contributed by atoms with Crippen molar-refractivity contribution in [3.63, 3.8) is 0 Å². The van der Waals surface area contributed by atoms with Crippen molar-refractivity contribution in [3.05, 3.63) is 71.8 Å². The van der Waals surface area contributed by atoms with E-state index in [-0.39, 0.29) is 23.5 Å². The van der Waals surface area contributed by atoms with E-state index < -0.39 is 34.9 Å². The van der Waals surface area contributed by atoms with Gasteiger partial charge in [-0.05, 0) is 42.3 Å². The first-order valence-corrected chi connectivity index (χ1v) is 8.17. The first kappa shape index (κ1) is 23.0. The Labute approximate surface area is 166 Å². The maximum atomic E-state index is 14.0. The highest BCUT2D eigenvalue weighted by molar-refractivity contribution is 5.88. The summed E-state index contributed by atoms with van der Waals surface area (Å²) in [7, 11) is 0. The van der Waals surface area contributed by atoms with Gasteiger partial charge in [0.2, 0.25) is 5.41 Å². The second-order valence-electron chi connectivity index (χ2n) is 6.18. The summed E-state index contributed by atoms with van der Waals surface area (Å²) < 4.78 is 93.3. The topological polar surface area (TPSA) is 52.6 Å². The van der Waals surface area contributed by atoms with Crippen LogP contribution in [0.25, 0.3) is 0 Å². The van der Waals surface area contributed by atoms with Crippen molar-refractivity contribution < 1.29 is 45.4 Å². The van der Waals surface area contributed by atoms with Crippen molar-refractivity contribution in [3.8, 4) is 11.5 Å². The molecular formula is C20H14F6O4. The smallest absolute Gasteiger partial charge is 0.411 e. The molecule has 0 N–H and O–H groups in total. The van der Waals surface area contributed by atoms with E-state index in [9.17, 15) is 35.9 Å². The highest BCUT2D eigenvalue weighted by atomic mass is 19.4. The first-order valence-electron chi connectivity index (χ1n) is 8.17. The average Bonchev–Trinajstić information content (AvgIpc) is 2.63. The maximum absolute atomic E-state index is 14.0. The number of carbonyl (C=O) groups excluding carboxylic acids is 2. The van der Waals surface area contributed by atoms with Crippen LogP contribution in [0.1, 0.15) is 18.1 Å². The fourth-order valence-corrected chi connectivity index (χ4v) is 2.79. The molecule has 2 aromatic rings. The summed E-state index contributed by atoms with van der Waals surface area (Å²) in [4.78, 5) is 21.8. The van der Waals surface area contributed by atoms with E-state index in [1.807, 2.05) is 0 Å². The molecule has 0 heterocycles. The van der Waals surface area contributed by atoms with Crippen LogP contribution in [0.15, 0.2) is 60.7 Å². The fraction of sp³-hybridized carbons (Fsp3) is 0.200. The van der Waals surface area contributed by atoms with Crippen LogP contribution in [0.4, 0.5) is 26.3 Å². The fourth-order valence-electron chi connectivity index (χ4n) is 2.79. The Balaban J connectivity index is 2.66. The van der Waals surface area contributed by atoms with Crippen LogP contribution in [0.3, 0.4) is 0 Å².